The zero-order valence-corrected chi connectivity index (χ0v) is 23.8. The van der Waals surface area contributed by atoms with Crippen LogP contribution >= 0.6 is 50.5 Å². The van der Waals surface area contributed by atoms with Crippen molar-refractivity contribution in [3.63, 3.8) is 0 Å². The van der Waals surface area contributed by atoms with Gasteiger partial charge in [0.1, 0.15) is 0 Å². The van der Waals surface area contributed by atoms with Crippen molar-refractivity contribution in [2.45, 2.75) is 71.8 Å². The number of rotatable bonds is 0. The second-order valence-corrected chi connectivity index (χ2v) is 12.6. The predicted octanol–water partition coefficient (Wildman–Crippen LogP) is 9.43. The summed E-state index contributed by atoms with van der Waals surface area (Å²) < 4.78 is 0.495. The summed E-state index contributed by atoms with van der Waals surface area (Å²) in [5.41, 5.74) is 2.49. The highest BCUT2D eigenvalue weighted by molar-refractivity contribution is 7.81. The summed E-state index contributed by atoms with van der Waals surface area (Å²) in [6, 6.07) is 25.9. The number of hydrogen-bond acceptors (Lipinski definition) is 4. The minimum Gasteiger partial charge on any atom is -0.172 e. The first-order valence-corrected chi connectivity index (χ1v) is 14.0. The van der Waals surface area contributed by atoms with Gasteiger partial charge >= 0.3 is 0 Å². The van der Waals surface area contributed by atoms with E-state index in [1.807, 2.05) is 79.7 Å². The molecule has 4 aliphatic carbocycles. The number of hydrogen-bond donors (Lipinski definition) is 4. The molecule has 4 heteroatoms. The van der Waals surface area contributed by atoms with Crippen LogP contribution in [-0.4, -0.2) is 4.75 Å². The Balaban J connectivity index is 0.000000130. The molecular formula is C30H38S4. The van der Waals surface area contributed by atoms with Gasteiger partial charge in [-0.2, -0.15) is 12.6 Å². The van der Waals surface area contributed by atoms with Crippen LogP contribution < -0.4 is 0 Å². The molecule has 0 unspecified atom stereocenters. The third-order valence-electron chi connectivity index (χ3n) is 6.88. The Morgan fingerprint density at radius 1 is 0.618 bits per heavy atom. The summed E-state index contributed by atoms with van der Waals surface area (Å²) in [7, 11) is 0. The van der Waals surface area contributed by atoms with E-state index in [1.165, 1.54) is 30.4 Å². The van der Waals surface area contributed by atoms with Gasteiger partial charge in [0.2, 0.25) is 0 Å². The van der Waals surface area contributed by atoms with Crippen LogP contribution in [0.2, 0.25) is 0 Å². The van der Waals surface area contributed by atoms with Crippen molar-refractivity contribution < 1.29 is 0 Å². The SMILES string of the molecule is Cc1cccc(S)c1.Cc1ccccc1S.SC12CC3CC(CC(C3)C1)C2.Sc1ccccc1. The summed E-state index contributed by atoms with van der Waals surface area (Å²) in [6.07, 6.45) is 8.92. The summed E-state index contributed by atoms with van der Waals surface area (Å²) in [5.74, 6) is 3.20. The van der Waals surface area contributed by atoms with E-state index in [1.54, 1.807) is 19.3 Å². The molecule has 4 aliphatic rings. The van der Waals surface area contributed by atoms with Crippen LogP contribution in [0.25, 0.3) is 0 Å². The van der Waals surface area contributed by atoms with Gasteiger partial charge in [0, 0.05) is 19.4 Å². The van der Waals surface area contributed by atoms with E-state index in [9.17, 15) is 0 Å². The van der Waals surface area contributed by atoms with Gasteiger partial charge in [-0.3, -0.25) is 0 Å². The Bertz CT molecular complexity index is 942. The second-order valence-electron chi connectivity index (χ2n) is 10.1. The molecule has 34 heavy (non-hydrogen) atoms. The molecule has 7 rings (SSSR count). The lowest BCUT2D eigenvalue weighted by atomic mass is 9.56. The summed E-state index contributed by atoms with van der Waals surface area (Å²) in [5, 5.41) is 0. The zero-order chi connectivity index (χ0) is 24.6. The number of benzene rings is 3. The molecular weight excluding hydrogens is 489 g/mol. The van der Waals surface area contributed by atoms with Crippen LogP contribution in [0.5, 0.6) is 0 Å². The highest BCUT2D eigenvalue weighted by atomic mass is 32.1. The molecule has 0 spiro atoms. The van der Waals surface area contributed by atoms with Crippen molar-refractivity contribution in [3.8, 4) is 0 Å². The fraction of sp³-hybridized carbons (Fsp3) is 0.400. The Labute approximate surface area is 229 Å². The maximum atomic E-state index is 4.85. The van der Waals surface area contributed by atoms with Crippen molar-refractivity contribution in [2.24, 2.45) is 17.8 Å². The van der Waals surface area contributed by atoms with Gasteiger partial charge in [-0.15, -0.1) is 37.9 Å². The molecule has 0 aromatic heterocycles. The minimum absolute atomic E-state index is 0.495. The van der Waals surface area contributed by atoms with Gasteiger partial charge in [-0.05, 0) is 106 Å². The Morgan fingerprint density at radius 3 is 1.44 bits per heavy atom. The van der Waals surface area contributed by atoms with E-state index in [0.717, 1.165) is 32.4 Å². The Morgan fingerprint density at radius 2 is 1.12 bits per heavy atom. The third kappa shape index (κ3) is 9.26. The average Bonchev–Trinajstić information content (AvgIpc) is 2.76. The molecule has 0 heterocycles. The molecule has 0 radical (unpaired) electrons. The van der Waals surface area contributed by atoms with Crippen molar-refractivity contribution in [2.75, 3.05) is 0 Å². The minimum atomic E-state index is 0.495. The predicted molar refractivity (Wildman–Crippen MR) is 160 cm³/mol. The molecule has 0 N–H and O–H groups in total. The van der Waals surface area contributed by atoms with Crippen LogP contribution in [0, 0.1) is 31.6 Å². The van der Waals surface area contributed by atoms with Crippen LogP contribution in [0.15, 0.2) is 93.5 Å². The molecule has 182 valence electrons. The van der Waals surface area contributed by atoms with Gasteiger partial charge in [-0.25, -0.2) is 0 Å². The van der Waals surface area contributed by atoms with Crippen molar-refractivity contribution in [1.29, 1.82) is 0 Å². The molecule has 0 atom stereocenters. The molecule has 0 saturated heterocycles. The average molecular weight is 527 g/mol. The van der Waals surface area contributed by atoms with E-state index in [0.29, 0.717) is 4.75 Å². The standard InChI is InChI=1S/C10H16S.2C7H8S.C6H6S/c11-10-4-7-1-8(5-10)3-9(2-7)6-10;1-6-3-2-4-7(8)5-6;1-6-4-2-3-5-7(6)8;7-6-4-2-1-3-5-6/h7-9,11H,1-6H2;2*2-5,8H,1H3;1-5,7H. The highest BCUT2D eigenvalue weighted by Crippen LogP contribution is 2.58. The molecule has 4 bridgehead atoms. The first-order chi connectivity index (χ1) is 16.2. The lowest BCUT2D eigenvalue weighted by Crippen LogP contribution is -2.47. The van der Waals surface area contributed by atoms with Gasteiger partial charge < -0.3 is 0 Å². The maximum Gasteiger partial charge on any atom is 0.0137 e. The number of aryl methyl sites for hydroxylation is 2. The Hall–Kier alpha value is -0.940. The summed E-state index contributed by atoms with van der Waals surface area (Å²) in [4.78, 5) is 3.11. The molecule has 0 amide bonds. The molecule has 4 fully saturated rings. The van der Waals surface area contributed by atoms with Crippen molar-refractivity contribution in [3.05, 3.63) is 90.0 Å². The topological polar surface area (TPSA) is 0 Å². The third-order valence-corrected chi connectivity index (χ3v) is 8.51. The highest BCUT2D eigenvalue weighted by Gasteiger charge is 2.48. The van der Waals surface area contributed by atoms with Gasteiger partial charge in [0.25, 0.3) is 0 Å². The van der Waals surface area contributed by atoms with Crippen molar-refractivity contribution in [1.82, 2.24) is 0 Å². The number of thiol groups is 4. The summed E-state index contributed by atoms with van der Waals surface area (Å²) >= 11 is 17.3. The van der Waals surface area contributed by atoms with E-state index in [4.69, 9.17) is 12.6 Å². The Kier molecular flexibility index (Phi) is 10.9. The smallest absolute Gasteiger partial charge is 0.0137 e. The van der Waals surface area contributed by atoms with Crippen molar-refractivity contribution >= 4 is 50.5 Å². The molecule has 4 saturated carbocycles. The second kappa shape index (κ2) is 13.4. The summed E-state index contributed by atoms with van der Waals surface area (Å²) in [6.45, 7) is 4.10. The first kappa shape index (κ1) is 27.6. The molecule has 0 aliphatic heterocycles. The van der Waals surface area contributed by atoms with E-state index in [-0.39, 0.29) is 0 Å². The van der Waals surface area contributed by atoms with E-state index >= 15 is 0 Å². The fourth-order valence-electron chi connectivity index (χ4n) is 5.68. The van der Waals surface area contributed by atoms with Crippen LogP contribution in [0.3, 0.4) is 0 Å². The van der Waals surface area contributed by atoms with Crippen LogP contribution in [0.1, 0.15) is 49.7 Å². The largest absolute Gasteiger partial charge is 0.172 e. The first-order valence-electron chi connectivity index (χ1n) is 12.2. The molecule has 3 aromatic rings. The molecule has 0 nitrogen and oxygen atoms in total. The quantitative estimate of drug-likeness (QED) is 0.206. The van der Waals surface area contributed by atoms with Gasteiger partial charge in [-0.1, -0.05) is 54.1 Å². The fourth-order valence-corrected chi connectivity index (χ4v) is 7.08. The normalized spacial score (nSPS) is 25.6. The zero-order valence-electron chi connectivity index (χ0n) is 20.3. The van der Waals surface area contributed by atoms with Crippen LogP contribution in [0.4, 0.5) is 0 Å². The van der Waals surface area contributed by atoms with Gasteiger partial charge in [0.05, 0.1) is 0 Å². The van der Waals surface area contributed by atoms with Gasteiger partial charge in [0.15, 0.2) is 0 Å². The monoisotopic (exact) mass is 526 g/mol. The van der Waals surface area contributed by atoms with Crippen LogP contribution in [-0.2, 0) is 0 Å². The van der Waals surface area contributed by atoms with E-state index < -0.39 is 0 Å². The molecule has 3 aromatic carbocycles. The lowest BCUT2D eigenvalue weighted by Gasteiger charge is -2.54. The maximum absolute atomic E-state index is 4.85. The lowest BCUT2D eigenvalue weighted by molar-refractivity contribution is 0.0392. The van der Waals surface area contributed by atoms with E-state index in [2.05, 4.69) is 50.9 Å².